The fraction of sp³-hybridized carbons (Fsp3) is 0.469. The summed E-state index contributed by atoms with van der Waals surface area (Å²) in [7, 11) is 5.13. The average molecular weight is 934 g/mol. The van der Waals surface area contributed by atoms with Gasteiger partial charge in [0.2, 0.25) is 0 Å². The number of aryl methyl sites for hydroxylation is 1. The Morgan fingerprint density at radius 3 is 2.08 bits per heavy atom. The van der Waals surface area contributed by atoms with E-state index in [0.29, 0.717) is 36.8 Å². The lowest BCUT2D eigenvalue weighted by Gasteiger charge is -2.31. The van der Waals surface area contributed by atoms with Gasteiger partial charge in [-0.2, -0.15) is 23.1 Å². The van der Waals surface area contributed by atoms with E-state index < -0.39 is 40.5 Å². The zero-order chi connectivity index (χ0) is 47.1. The Morgan fingerprint density at radius 1 is 0.864 bits per heavy atom. The Labute approximate surface area is 387 Å². The fourth-order valence-electron chi connectivity index (χ4n) is 9.40. The molecule has 0 radical (unpaired) electrons. The molecule has 3 aromatic carbocycles. The minimum atomic E-state index is -4.95. The molecule has 1 amide bonds. The number of benzene rings is 3. The smallest absolute Gasteiger partial charge is 0.418 e. The van der Waals surface area contributed by atoms with Gasteiger partial charge in [0.15, 0.2) is 5.82 Å². The number of hydrogen-bond donors (Lipinski definition) is 0. The maximum Gasteiger partial charge on any atom is 0.418 e. The summed E-state index contributed by atoms with van der Waals surface area (Å²) in [4.78, 5) is 35.4. The number of rotatable bonds is 12. The molecule has 2 unspecified atom stereocenters. The minimum Gasteiger partial charge on any atom is -0.497 e. The number of alkyl halides is 3. The van der Waals surface area contributed by atoms with Gasteiger partial charge in [-0.1, -0.05) is 35.9 Å². The second-order valence-corrected chi connectivity index (χ2v) is 18.8. The van der Waals surface area contributed by atoms with E-state index in [1.165, 1.54) is 19.1 Å². The van der Waals surface area contributed by atoms with E-state index in [1.807, 2.05) is 61.9 Å². The molecule has 3 fully saturated rings. The lowest BCUT2D eigenvalue weighted by atomic mass is 9.98. The van der Waals surface area contributed by atoms with Crippen LogP contribution in [0.1, 0.15) is 75.1 Å². The number of carbonyl (C=O) groups excluding carboxylic acids is 1. The highest BCUT2D eigenvalue weighted by Crippen LogP contribution is 2.46. The third-order valence-electron chi connectivity index (χ3n) is 12.7. The van der Waals surface area contributed by atoms with Crippen LogP contribution in [0.5, 0.6) is 17.5 Å². The number of halogens is 5. The molecule has 3 aliphatic heterocycles. The molecular weight excluding hydrogens is 878 g/mol. The molecule has 2 aromatic heterocycles. The summed E-state index contributed by atoms with van der Waals surface area (Å²) in [6.07, 6.45) is -1.38. The number of anilines is 2. The lowest BCUT2D eigenvalue weighted by molar-refractivity contribution is -0.137. The van der Waals surface area contributed by atoms with Gasteiger partial charge in [-0.05, 0) is 126 Å². The first-order valence-corrected chi connectivity index (χ1v) is 22.7. The number of likely N-dealkylation sites (N-methyl/N-ethyl adjacent to an activating group) is 1. The largest absolute Gasteiger partial charge is 0.497 e. The van der Waals surface area contributed by atoms with Crippen molar-refractivity contribution in [2.24, 2.45) is 0 Å². The van der Waals surface area contributed by atoms with Crippen molar-refractivity contribution in [2.45, 2.75) is 103 Å². The quantitative estimate of drug-likeness (QED) is 0.112. The van der Waals surface area contributed by atoms with Crippen molar-refractivity contribution in [3.05, 3.63) is 93.8 Å². The Balaban J connectivity index is 1.26. The average Bonchev–Trinajstić information content (AvgIpc) is 3.81. The molecule has 0 aliphatic carbocycles. The molecule has 0 spiro atoms. The lowest BCUT2D eigenvalue weighted by Crippen LogP contribution is -2.45. The van der Waals surface area contributed by atoms with Crippen molar-refractivity contribution in [2.75, 3.05) is 57.3 Å². The topological polar surface area (TPSA) is 106 Å². The summed E-state index contributed by atoms with van der Waals surface area (Å²) in [6, 6.07) is 17.1. The predicted octanol–water partition coefficient (Wildman–Crippen LogP) is 10.5. The molecule has 5 heterocycles. The first kappa shape index (κ1) is 46.9. The number of ether oxygens (including phenoxy) is 4. The summed E-state index contributed by atoms with van der Waals surface area (Å²) in [6.45, 7) is 9.18. The van der Waals surface area contributed by atoms with Crippen LogP contribution in [-0.4, -0.2) is 102 Å². The van der Waals surface area contributed by atoms with Gasteiger partial charge in [0.05, 0.1) is 42.1 Å². The van der Waals surface area contributed by atoms with E-state index in [4.69, 9.17) is 35.5 Å². The van der Waals surface area contributed by atoms with Crippen molar-refractivity contribution in [1.82, 2.24) is 24.8 Å². The first-order chi connectivity index (χ1) is 31.4. The van der Waals surface area contributed by atoms with Crippen LogP contribution < -0.4 is 24.0 Å². The van der Waals surface area contributed by atoms with Gasteiger partial charge < -0.3 is 38.5 Å². The highest BCUT2D eigenvalue weighted by Gasteiger charge is 2.43. The Morgan fingerprint density at radius 2 is 1.50 bits per heavy atom. The van der Waals surface area contributed by atoms with E-state index in [2.05, 4.69) is 14.9 Å². The number of likely N-dealkylation sites (tertiary alicyclic amines) is 1. The number of methoxy groups -OCH3 is 2. The summed E-state index contributed by atoms with van der Waals surface area (Å²) in [5.74, 6) is 0.662. The van der Waals surface area contributed by atoms with Crippen LogP contribution in [0.3, 0.4) is 0 Å². The van der Waals surface area contributed by atoms with Crippen LogP contribution in [0.4, 0.5) is 34.0 Å². The highest BCUT2D eigenvalue weighted by atomic mass is 35.5. The Kier molecular flexibility index (Phi) is 13.5. The Hall–Kier alpha value is -5.61. The van der Waals surface area contributed by atoms with Gasteiger partial charge in [-0.3, -0.25) is 0 Å². The van der Waals surface area contributed by atoms with E-state index in [-0.39, 0.29) is 71.1 Å². The summed E-state index contributed by atoms with van der Waals surface area (Å²) in [5, 5.41) is -0.112. The van der Waals surface area contributed by atoms with Gasteiger partial charge in [0.25, 0.3) is 0 Å². The number of fused-ring (bicyclic) bond motifs is 3. The van der Waals surface area contributed by atoms with Gasteiger partial charge in [0, 0.05) is 43.6 Å². The molecule has 2 bridgehead atoms. The van der Waals surface area contributed by atoms with Gasteiger partial charge in [-0.15, -0.1) is 0 Å². The number of pyridine rings is 1. The van der Waals surface area contributed by atoms with Crippen LogP contribution in [-0.2, 0) is 24.0 Å². The maximum atomic E-state index is 17.8. The van der Waals surface area contributed by atoms with Crippen LogP contribution in [0.15, 0.2) is 60.7 Å². The molecule has 12 nitrogen and oxygen atoms in total. The maximum absolute atomic E-state index is 17.8. The molecule has 0 saturated carbocycles. The van der Waals surface area contributed by atoms with Crippen LogP contribution in [0.25, 0.3) is 22.2 Å². The van der Waals surface area contributed by atoms with Gasteiger partial charge in [0.1, 0.15) is 40.9 Å². The van der Waals surface area contributed by atoms with Crippen molar-refractivity contribution in [1.29, 1.82) is 0 Å². The molecule has 17 heteroatoms. The van der Waals surface area contributed by atoms with E-state index >= 15 is 17.6 Å². The molecule has 352 valence electrons. The van der Waals surface area contributed by atoms with E-state index in [9.17, 15) is 4.79 Å². The third kappa shape index (κ3) is 10.0. The van der Waals surface area contributed by atoms with Gasteiger partial charge in [-0.25, -0.2) is 14.2 Å². The molecule has 3 atom stereocenters. The number of aromatic nitrogens is 3. The summed E-state index contributed by atoms with van der Waals surface area (Å²) < 4.78 is 86.6. The number of amides is 1. The SMILES string of the molecule is COc1ccc(CN(Cc2ccc(OC)cc2)c2cc(C)c(C(F)(F)F)c(-c3c(Cl)cc4c(N5CCC6CCC(C5)N6C(=O)OC(C)(C)C)nc(OC[C@@H]5CCCN5C)nc4c3F)n2)cc1. The third-order valence-corrected chi connectivity index (χ3v) is 13.0. The minimum absolute atomic E-state index is 0.0673. The van der Waals surface area contributed by atoms with Crippen LogP contribution in [0, 0.1) is 12.7 Å². The molecule has 5 aromatic rings. The van der Waals surface area contributed by atoms with Crippen molar-refractivity contribution < 1.29 is 41.3 Å². The second-order valence-electron chi connectivity index (χ2n) is 18.4. The first-order valence-electron chi connectivity index (χ1n) is 22.3. The monoisotopic (exact) mass is 933 g/mol. The summed E-state index contributed by atoms with van der Waals surface area (Å²) in [5.41, 5.74) is -1.82. The second kappa shape index (κ2) is 18.9. The molecular formula is C49H56ClF4N7O5. The molecule has 0 N–H and O–H groups in total. The van der Waals surface area contributed by atoms with Crippen LogP contribution >= 0.6 is 11.6 Å². The zero-order valence-corrected chi connectivity index (χ0v) is 39.1. The Bertz CT molecular complexity index is 2510. The number of hydrogen-bond acceptors (Lipinski definition) is 11. The van der Waals surface area contributed by atoms with Crippen molar-refractivity contribution in [3.8, 4) is 28.8 Å². The zero-order valence-electron chi connectivity index (χ0n) is 38.3. The molecule has 8 rings (SSSR count). The molecule has 66 heavy (non-hydrogen) atoms. The normalized spacial score (nSPS) is 19.0. The van der Waals surface area contributed by atoms with E-state index in [0.717, 1.165) is 43.4 Å². The predicted molar refractivity (Wildman–Crippen MR) is 246 cm³/mol. The van der Waals surface area contributed by atoms with E-state index in [1.54, 1.807) is 43.4 Å². The van der Waals surface area contributed by atoms with Gasteiger partial charge >= 0.3 is 18.3 Å². The summed E-state index contributed by atoms with van der Waals surface area (Å²) >= 11 is 7.04. The fourth-order valence-corrected chi connectivity index (χ4v) is 9.68. The van der Waals surface area contributed by atoms with Crippen molar-refractivity contribution in [3.63, 3.8) is 0 Å². The number of carbonyl (C=O) groups is 1. The van der Waals surface area contributed by atoms with Crippen molar-refractivity contribution >= 4 is 40.2 Å². The molecule has 3 saturated heterocycles. The molecule has 3 aliphatic rings. The standard InChI is InChI=1S/C49H56ClF4N7O5/c1-29-23-39(60(25-30-10-16-35(63-6)17-11-30)26-31-12-18-36(64-7)19-13-31)55-44(41(29)49(52,53)54)40-38(50)24-37-43(42(40)51)56-46(65-28-34-9-8-21-58(34)5)57-45(37)59-22-20-32-14-15-33(27-59)61(32)47(62)66-48(2,3)4/h10-13,16-19,23-24,32-34H,8-9,14-15,20-22,25-28H2,1-7H3/t32?,33?,34-/m0/s1. The highest BCUT2D eigenvalue weighted by molar-refractivity contribution is 6.34. The van der Waals surface area contributed by atoms with Crippen LogP contribution in [0.2, 0.25) is 5.02 Å². The number of nitrogens with zero attached hydrogens (tertiary/aromatic N) is 7.